The number of carbonyl (C=O) groups excluding carboxylic acids is 1. The molecule has 0 aromatic carbocycles. The highest BCUT2D eigenvalue weighted by molar-refractivity contribution is 5.80. The molecular formula is C17H33N5O. The van der Waals surface area contributed by atoms with E-state index in [1.54, 1.807) is 6.92 Å². The molecule has 6 nitrogen and oxygen atoms in total. The summed E-state index contributed by atoms with van der Waals surface area (Å²) in [7, 11) is 0. The number of aliphatic imine (C=N–C) groups is 1. The highest BCUT2D eigenvalue weighted by Gasteiger charge is 2.30. The second kappa shape index (κ2) is 7.99. The van der Waals surface area contributed by atoms with Crippen LogP contribution in [-0.4, -0.2) is 85.5 Å². The van der Waals surface area contributed by atoms with Gasteiger partial charge in [-0.25, -0.2) is 0 Å². The van der Waals surface area contributed by atoms with E-state index in [9.17, 15) is 4.79 Å². The first-order chi connectivity index (χ1) is 10.9. The molecule has 0 saturated carbocycles. The van der Waals surface area contributed by atoms with Gasteiger partial charge in [0.25, 0.3) is 0 Å². The van der Waals surface area contributed by atoms with Crippen LogP contribution >= 0.6 is 0 Å². The highest BCUT2D eigenvalue weighted by atomic mass is 16.2. The molecule has 1 amide bonds. The zero-order valence-electron chi connectivity index (χ0n) is 15.3. The van der Waals surface area contributed by atoms with Gasteiger partial charge < -0.3 is 15.1 Å². The van der Waals surface area contributed by atoms with Crippen molar-refractivity contribution < 1.29 is 4.79 Å². The van der Waals surface area contributed by atoms with Crippen LogP contribution in [0.3, 0.4) is 0 Å². The van der Waals surface area contributed by atoms with Crippen molar-refractivity contribution in [3.8, 4) is 0 Å². The van der Waals surface area contributed by atoms with Crippen LogP contribution in [0.4, 0.5) is 0 Å². The number of hydrogen-bond donors (Lipinski definition) is 1. The Morgan fingerprint density at radius 2 is 1.83 bits per heavy atom. The fourth-order valence-corrected chi connectivity index (χ4v) is 3.30. The van der Waals surface area contributed by atoms with Crippen molar-refractivity contribution in [3.63, 3.8) is 0 Å². The molecule has 2 fully saturated rings. The Labute approximate surface area is 140 Å². The fourth-order valence-electron chi connectivity index (χ4n) is 3.30. The first kappa shape index (κ1) is 18.0. The number of guanidine groups is 1. The number of likely N-dealkylation sites (tertiary alicyclic amines) is 1. The Kier molecular flexibility index (Phi) is 6.27. The third-order valence-corrected chi connectivity index (χ3v) is 4.81. The summed E-state index contributed by atoms with van der Waals surface area (Å²) in [6.07, 6.45) is 1.23. The maximum absolute atomic E-state index is 11.4. The molecule has 0 aromatic heterocycles. The summed E-state index contributed by atoms with van der Waals surface area (Å²) < 4.78 is 0. The summed E-state index contributed by atoms with van der Waals surface area (Å²) in [5.41, 5.74) is 0.388. The number of nitrogens with zero attached hydrogens (tertiary/aromatic N) is 4. The molecule has 0 unspecified atom stereocenters. The third-order valence-electron chi connectivity index (χ3n) is 4.81. The number of nitrogens with one attached hydrogen (secondary N) is 1. The second-order valence-corrected chi connectivity index (χ2v) is 7.42. The molecule has 2 rings (SSSR count). The number of amides is 1. The Balaban J connectivity index is 1.79. The molecule has 2 aliphatic heterocycles. The van der Waals surface area contributed by atoms with Crippen molar-refractivity contribution in [1.29, 1.82) is 0 Å². The number of carbonyl (C=O) groups is 1. The van der Waals surface area contributed by atoms with Crippen LogP contribution < -0.4 is 5.32 Å². The molecular weight excluding hydrogens is 290 g/mol. The van der Waals surface area contributed by atoms with Gasteiger partial charge in [-0.3, -0.25) is 14.7 Å². The lowest BCUT2D eigenvalue weighted by molar-refractivity contribution is -0.130. The summed E-state index contributed by atoms with van der Waals surface area (Å²) in [5, 5.41) is 3.43. The van der Waals surface area contributed by atoms with E-state index in [1.807, 2.05) is 4.90 Å². The molecule has 0 bridgehead atoms. The normalized spacial score (nSPS) is 22.5. The molecule has 2 saturated heterocycles. The Morgan fingerprint density at radius 3 is 2.35 bits per heavy atom. The lowest BCUT2D eigenvalue weighted by atomic mass is 9.93. The molecule has 2 aliphatic rings. The molecule has 2 heterocycles. The van der Waals surface area contributed by atoms with Crippen LogP contribution in [0.2, 0.25) is 0 Å². The average molecular weight is 323 g/mol. The summed E-state index contributed by atoms with van der Waals surface area (Å²) in [4.78, 5) is 22.9. The predicted molar refractivity (Wildman–Crippen MR) is 94.6 cm³/mol. The van der Waals surface area contributed by atoms with Gasteiger partial charge in [-0.1, -0.05) is 13.8 Å². The van der Waals surface area contributed by atoms with E-state index in [2.05, 4.69) is 35.9 Å². The van der Waals surface area contributed by atoms with Gasteiger partial charge in [0.2, 0.25) is 5.91 Å². The van der Waals surface area contributed by atoms with Crippen molar-refractivity contribution in [2.45, 2.75) is 34.1 Å². The summed E-state index contributed by atoms with van der Waals surface area (Å²) in [5.74, 6) is 1.24. The van der Waals surface area contributed by atoms with Gasteiger partial charge in [0, 0.05) is 59.3 Å². The Morgan fingerprint density at radius 1 is 1.13 bits per heavy atom. The van der Waals surface area contributed by atoms with Gasteiger partial charge in [-0.2, -0.15) is 0 Å². The van der Waals surface area contributed by atoms with Gasteiger partial charge in [0.05, 0.1) is 6.54 Å². The van der Waals surface area contributed by atoms with Crippen molar-refractivity contribution in [3.05, 3.63) is 0 Å². The minimum Gasteiger partial charge on any atom is -0.357 e. The lowest BCUT2D eigenvalue weighted by Gasteiger charge is -2.33. The molecule has 23 heavy (non-hydrogen) atoms. The minimum absolute atomic E-state index is 0.189. The maximum Gasteiger partial charge on any atom is 0.219 e. The first-order valence-corrected chi connectivity index (χ1v) is 8.92. The highest BCUT2D eigenvalue weighted by Crippen LogP contribution is 2.28. The summed E-state index contributed by atoms with van der Waals surface area (Å²) in [6.45, 7) is 16.9. The SMILES string of the molecule is CCNC(=NCCN1CCN(C(C)=O)CC1)N1CCC(C)(C)C1. The smallest absolute Gasteiger partial charge is 0.219 e. The molecule has 132 valence electrons. The first-order valence-electron chi connectivity index (χ1n) is 8.92. The van der Waals surface area contributed by atoms with Gasteiger partial charge in [0.1, 0.15) is 0 Å². The third kappa shape index (κ3) is 5.37. The molecule has 0 atom stereocenters. The second-order valence-electron chi connectivity index (χ2n) is 7.42. The maximum atomic E-state index is 11.4. The van der Waals surface area contributed by atoms with Crippen LogP contribution in [-0.2, 0) is 4.79 Å². The van der Waals surface area contributed by atoms with Gasteiger partial charge in [-0.05, 0) is 18.8 Å². The zero-order chi connectivity index (χ0) is 16.9. The zero-order valence-corrected chi connectivity index (χ0v) is 15.3. The lowest BCUT2D eigenvalue weighted by Crippen LogP contribution is -2.48. The van der Waals surface area contributed by atoms with E-state index in [4.69, 9.17) is 4.99 Å². The van der Waals surface area contributed by atoms with Crippen LogP contribution in [0, 0.1) is 5.41 Å². The van der Waals surface area contributed by atoms with Crippen LogP contribution in [0.25, 0.3) is 0 Å². The largest absolute Gasteiger partial charge is 0.357 e. The van der Waals surface area contributed by atoms with Crippen molar-refractivity contribution in [2.75, 3.05) is 58.9 Å². The number of rotatable bonds is 4. The van der Waals surface area contributed by atoms with Crippen LogP contribution in [0.5, 0.6) is 0 Å². The molecule has 0 aliphatic carbocycles. The minimum atomic E-state index is 0.189. The van der Waals surface area contributed by atoms with Crippen molar-refractivity contribution in [1.82, 2.24) is 20.0 Å². The molecule has 0 spiro atoms. The van der Waals surface area contributed by atoms with E-state index >= 15 is 0 Å². The van der Waals surface area contributed by atoms with Crippen LogP contribution in [0.15, 0.2) is 4.99 Å². The van der Waals surface area contributed by atoms with E-state index in [0.717, 1.165) is 64.9 Å². The predicted octanol–water partition coefficient (Wildman–Crippen LogP) is 0.848. The number of hydrogen-bond acceptors (Lipinski definition) is 3. The van der Waals surface area contributed by atoms with Gasteiger partial charge >= 0.3 is 0 Å². The van der Waals surface area contributed by atoms with E-state index in [-0.39, 0.29) is 5.91 Å². The van der Waals surface area contributed by atoms with Crippen LogP contribution in [0.1, 0.15) is 34.1 Å². The molecule has 0 aromatic rings. The average Bonchev–Trinajstić information content (AvgIpc) is 2.87. The van der Waals surface area contributed by atoms with E-state index in [0.29, 0.717) is 5.41 Å². The molecule has 6 heteroatoms. The van der Waals surface area contributed by atoms with E-state index in [1.165, 1.54) is 6.42 Å². The van der Waals surface area contributed by atoms with Crippen molar-refractivity contribution >= 4 is 11.9 Å². The fraction of sp³-hybridized carbons (Fsp3) is 0.882. The summed E-state index contributed by atoms with van der Waals surface area (Å²) in [6, 6.07) is 0. The van der Waals surface area contributed by atoms with E-state index < -0.39 is 0 Å². The van der Waals surface area contributed by atoms with Gasteiger partial charge in [-0.15, -0.1) is 0 Å². The molecule has 1 N–H and O–H groups in total. The van der Waals surface area contributed by atoms with Gasteiger partial charge in [0.15, 0.2) is 5.96 Å². The van der Waals surface area contributed by atoms with Crippen molar-refractivity contribution in [2.24, 2.45) is 10.4 Å². The Hall–Kier alpha value is -1.30. The number of piperazine rings is 1. The topological polar surface area (TPSA) is 51.2 Å². The quantitative estimate of drug-likeness (QED) is 0.615. The Bertz CT molecular complexity index is 427. The standard InChI is InChI=1S/C17H33N5O/c1-5-18-16(22-8-6-17(3,4)14-22)19-7-9-20-10-12-21(13-11-20)15(2)23/h5-14H2,1-4H3,(H,18,19). The molecule has 0 radical (unpaired) electrons. The monoisotopic (exact) mass is 323 g/mol. The summed E-state index contributed by atoms with van der Waals surface area (Å²) >= 11 is 0.